The summed E-state index contributed by atoms with van der Waals surface area (Å²) in [6.45, 7) is 6.14. The third kappa shape index (κ3) is 1.73. The molecule has 2 rings (SSSR count). The number of hydrogen-bond acceptors (Lipinski definition) is 3. The van der Waals surface area contributed by atoms with Crippen molar-refractivity contribution >= 4 is 0 Å². The topological polar surface area (TPSA) is 59.4 Å². The summed E-state index contributed by atoms with van der Waals surface area (Å²) in [6, 6.07) is 0. The molecule has 0 spiro atoms. The minimum absolute atomic E-state index is 0.756. The molecule has 0 aliphatic carbocycles. The van der Waals surface area contributed by atoms with Crippen LogP contribution < -0.4 is 0 Å². The van der Waals surface area contributed by atoms with Gasteiger partial charge in [0.1, 0.15) is 5.82 Å². The Kier molecular flexibility index (Phi) is 2.77. The monoisotopic (exact) mass is 219 g/mol. The Balaban J connectivity index is 2.42. The molecule has 0 fully saturated rings. The van der Waals surface area contributed by atoms with Gasteiger partial charge in [0.15, 0.2) is 5.82 Å². The largest absolute Gasteiger partial charge is 0.272 e. The van der Waals surface area contributed by atoms with Gasteiger partial charge >= 0.3 is 0 Å². The molecule has 0 saturated heterocycles. The van der Waals surface area contributed by atoms with Crippen LogP contribution in [0.1, 0.15) is 30.6 Å². The fraction of sp³-hybridized carbons (Fsp3) is 0.545. The molecule has 0 aliphatic heterocycles. The molecule has 0 aromatic carbocycles. The average Bonchev–Trinajstić information content (AvgIpc) is 2.75. The summed E-state index contributed by atoms with van der Waals surface area (Å²) in [5.74, 6) is 1.70. The number of aryl methyl sites for hydroxylation is 3. The summed E-state index contributed by atoms with van der Waals surface area (Å²) >= 11 is 0. The summed E-state index contributed by atoms with van der Waals surface area (Å²) < 4.78 is 1.86. The van der Waals surface area contributed by atoms with Gasteiger partial charge in [0.05, 0.1) is 11.3 Å². The lowest BCUT2D eigenvalue weighted by atomic mass is 10.2. The zero-order valence-corrected chi connectivity index (χ0v) is 10.2. The van der Waals surface area contributed by atoms with Crippen molar-refractivity contribution < 1.29 is 0 Å². The van der Waals surface area contributed by atoms with Crippen molar-refractivity contribution in [1.29, 1.82) is 0 Å². The second-order valence-corrected chi connectivity index (χ2v) is 4.03. The van der Waals surface area contributed by atoms with Crippen LogP contribution in [0.4, 0.5) is 0 Å². The van der Waals surface area contributed by atoms with Gasteiger partial charge in [-0.3, -0.25) is 9.78 Å². The van der Waals surface area contributed by atoms with Crippen molar-refractivity contribution in [3.8, 4) is 11.4 Å². The summed E-state index contributed by atoms with van der Waals surface area (Å²) in [5.41, 5.74) is 3.11. The molecule has 0 amide bonds. The number of aromatic amines is 1. The highest BCUT2D eigenvalue weighted by molar-refractivity contribution is 5.60. The van der Waals surface area contributed by atoms with Gasteiger partial charge in [0.2, 0.25) is 0 Å². The van der Waals surface area contributed by atoms with E-state index in [0.29, 0.717) is 0 Å². The SMILES string of the molecule is CCCc1nc(-c2c(C)nn(C)c2C)n[nH]1. The molecule has 0 bridgehead atoms. The lowest BCUT2D eigenvalue weighted by Crippen LogP contribution is -1.93. The standard InChI is InChI=1S/C11H17N5/c1-5-6-9-12-11(14-13-9)10-7(2)15-16(4)8(10)3/h5-6H2,1-4H3,(H,12,13,14). The van der Waals surface area contributed by atoms with E-state index in [0.717, 1.165) is 41.4 Å². The van der Waals surface area contributed by atoms with E-state index in [1.807, 2.05) is 25.6 Å². The first kappa shape index (κ1) is 10.9. The minimum atomic E-state index is 0.756. The maximum Gasteiger partial charge on any atom is 0.184 e. The van der Waals surface area contributed by atoms with E-state index in [1.54, 1.807) is 0 Å². The van der Waals surface area contributed by atoms with Crippen LogP contribution in [-0.4, -0.2) is 25.0 Å². The molecule has 0 unspecified atom stereocenters. The quantitative estimate of drug-likeness (QED) is 0.856. The maximum absolute atomic E-state index is 4.49. The van der Waals surface area contributed by atoms with Crippen molar-refractivity contribution in [3.63, 3.8) is 0 Å². The predicted molar refractivity (Wildman–Crippen MR) is 62.1 cm³/mol. The van der Waals surface area contributed by atoms with Crippen molar-refractivity contribution in [2.75, 3.05) is 0 Å². The Morgan fingerprint density at radius 1 is 1.31 bits per heavy atom. The Hall–Kier alpha value is -1.65. The summed E-state index contributed by atoms with van der Waals surface area (Å²) in [5, 5.41) is 11.6. The minimum Gasteiger partial charge on any atom is -0.272 e. The summed E-state index contributed by atoms with van der Waals surface area (Å²) in [6.07, 6.45) is 2.00. The number of nitrogens with zero attached hydrogens (tertiary/aromatic N) is 4. The molecule has 5 nitrogen and oxygen atoms in total. The van der Waals surface area contributed by atoms with E-state index in [9.17, 15) is 0 Å². The van der Waals surface area contributed by atoms with Gasteiger partial charge in [-0.05, 0) is 20.3 Å². The first-order valence-electron chi connectivity index (χ1n) is 5.55. The van der Waals surface area contributed by atoms with Crippen molar-refractivity contribution in [2.45, 2.75) is 33.6 Å². The molecule has 0 aliphatic rings. The Morgan fingerprint density at radius 3 is 2.62 bits per heavy atom. The first-order valence-corrected chi connectivity index (χ1v) is 5.55. The number of H-pyrrole nitrogens is 1. The second kappa shape index (κ2) is 4.08. The number of rotatable bonds is 3. The average molecular weight is 219 g/mol. The van der Waals surface area contributed by atoms with Crippen LogP contribution >= 0.6 is 0 Å². The van der Waals surface area contributed by atoms with Crippen LogP contribution in [-0.2, 0) is 13.5 Å². The molecular formula is C11H17N5. The summed E-state index contributed by atoms with van der Waals surface area (Å²) in [7, 11) is 1.94. The second-order valence-electron chi connectivity index (χ2n) is 4.03. The van der Waals surface area contributed by atoms with E-state index in [4.69, 9.17) is 0 Å². The van der Waals surface area contributed by atoms with E-state index in [-0.39, 0.29) is 0 Å². The smallest absolute Gasteiger partial charge is 0.184 e. The third-order valence-corrected chi connectivity index (χ3v) is 2.75. The molecule has 2 aromatic rings. The molecule has 2 aromatic heterocycles. The van der Waals surface area contributed by atoms with Gasteiger partial charge in [0, 0.05) is 19.2 Å². The molecule has 0 saturated carbocycles. The van der Waals surface area contributed by atoms with Gasteiger partial charge in [-0.15, -0.1) is 0 Å². The van der Waals surface area contributed by atoms with Crippen LogP contribution in [0.25, 0.3) is 11.4 Å². The van der Waals surface area contributed by atoms with Gasteiger partial charge in [-0.1, -0.05) is 6.92 Å². The van der Waals surface area contributed by atoms with Crippen molar-refractivity contribution in [1.82, 2.24) is 25.0 Å². The molecule has 0 radical (unpaired) electrons. The molecule has 86 valence electrons. The molecule has 16 heavy (non-hydrogen) atoms. The zero-order chi connectivity index (χ0) is 11.7. The van der Waals surface area contributed by atoms with Crippen LogP contribution in [0, 0.1) is 13.8 Å². The third-order valence-electron chi connectivity index (χ3n) is 2.75. The predicted octanol–water partition coefficient (Wildman–Crippen LogP) is 1.77. The molecular weight excluding hydrogens is 202 g/mol. The summed E-state index contributed by atoms with van der Waals surface area (Å²) in [4.78, 5) is 4.49. The van der Waals surface area contributed by atoms with Gasteiger partial charge in [-0.2, -0.15) is 10.2 Å². The van der Waals surface area contributed by atoms with E-state index in [1.165, 1.54) is 0 Å². The highest BCUT2D eigenvalue weighted by Gasteiger charge is 2.15. The van der Waals surface area contributed by atoms with E-state index >= 15 is 0 Å². The number of nitrogens with one attached hydrogen (secondary N) is 1. The van der Waals surface area contributed by atoms with Crippen molar-refractivity contribution in [2.24, 2.45) is 7.05 Å². The fourth-order valence-electron chi connectivity index (χ4n) is 1.85. The Labute approximate surface area is 94.9 Å². The van der Waals surface area contributed by atoms with Crippen LogP contribution in [0.2, 0.25) is 0 Å². The molecule has 5 heteroatoms. The zero-order valence-electron chi connectivity index (χ0n) is 10.2. The lowest BCUT2D eigenvalue weighted by molar-refractivity contribution is 0.731. The fourth-order valence-corrected chi connectivity index (χ4v) is 1.85. The van der Waals surface area contributed by atoms with Crippen LogP contribution in [0.3, 0.4) is 0 Å². The first-order chi connectivity index (χ1) is 7.63. The Morgan fingerprint density at radius 2 is 2.06 bits per heavy atom. The number of hydrogen-bond donors (Lipinski definition) is 1. The molecule has 1 N–H and O–H groups in total. The van der Waals surface area contributed by atoms with Gasteiger partial charge in [-0.25, -0.2) is 4.98 Å². The van der Waals surface area contributed by atoms with Crippen molar-refractivity contribution in [3.05, 3.63) is 17.2 Å². The van der Waals surface area contributed by atoms with Crippen LogP contribution in [0.5, 0.6) is 0 Å². The van der Waals surface area contributed by atoms with Gasteiger partial charge < -0.3 is 0 Å². The number of aromatic nitrogens is 5. The van der Waals surface area contributed by atoms with E-state index in [2.05, 4.69) is 27.2 Å². The maximum atomic E-state index is 4.49. The molecule has 0 atom stereocenters. The van der Waals surface area contributed by atoms with E-state index < -0.39 is 0 Å². The molecule has 2 heterocycles. The normalized spacial score (nSPS) is 11.0. The van der Waals surface area contributed by atoms with Crippen LogP contribution in [0.15, 0.2) is 0 Å². The highest BCUT2D eigenvalue weighted by Crippen LogP contribution is 2.22. The highest BCUT2D eigenvalue weighted by atomic mass is 15.3. The lowest BCUT2D eigenvalue weighted by Gasteiger charge is -1.95. The Bertz CT molecular complexity index is 494. The van der Waals surface area contributed by atoms with Gasteiger partial charge in [0.25, 0.3) is 0 Å².